The van der Waals surface area contributed by atoms with Crippen molar-refractivity contribution in [1.29, 1.82) is 0 Å². The second-order valence-electron chi connectivity index (χ2n) is 8.04. The summed E-state index contributed by atoms with van der Waals surface area (Å²) < 4.78 is 0. The van der Waals surface area contributed by atoms with Gasteiger partial charge in [0.1, 0.15) is 0 Å². The lowest BCUT2D eigenvalue weighted by Crippen LogP contribution is -2.03. The van der Waals surface area contributed by atoms with Crippen LogP contribution in [0.15, 0.2) is 24.3 Å². The van der Waals surface area contributed by atoms with Crippen LogP contribution in [0.2, 0.25) is 0 Å². The SMILES string of the molecule is CC(C)c1cc(-c2cc(C(C)C)cc(C(C)C)n2)nc(C(C)C)c1. The molecule has 0 unspecified atom stereocenters. The van der Waals surface area contributed by atoms with Gasteiger partial charge in [0.05, 0.1) is 11.4 Å². The van der Waals surface area contributed by atoms with Crippen molar-refractivity contribution in [2.75, 3.05) is 0 Å². The lowest BCUT2D eigenvalue weighted by atomic mass is 9.96. The van der Waals surface area contributed by atoms with Crippen LogP contribution in [-0.2, 0) is 0 Å². The number of hydrogen-bond donors (Lipinski definition) is 0. The maximum atomic E-state index is 4.92. The number of pyridine rings is 2. The van der Waals surface area contributed by atoms with Crippen molar-refractivity contribution in [3.63, 3.8) is 0 Å². The summed E-state index contributed by atoms with van der Waals surface area (Å²) in [6.07, 6.45) is 0. The maximum absolute atomic E-state index is 4.92. The van der Waals surface area contributed by atoms with E-state index in [0.717, 1.165) is 22.8 Å². The predicted molar refractivity (Wildman–Crippen MR) is 104 cm³/mol. The first-order chi connectivity index (χ1) is 11.2. The quantitative estimate of drug-likeness (QED) is 0.616. The summed E-state index contributed by atoms with van der Waals surface area (Å²) in [5, 5.41) is 0. The Morgan fingerprint density at radius 2 is 0.833 bits per heavy atom. The van der Waals surface area contributed by atoms with Crippen LogP contribution in [0.5, 0.6) is 0 Å². The normalized spacial score (nSPS) is 12.0. The van der Waals surface area contributed by atoms with Crippen LogP contribution < -0.4 is 0 Å². The molecular formula is C22H32N2. The van der Waals surface area contributed by atoms with Gasteiger partial charge < -0.3 is 0 Å². The van der Waals surface area contributed by atoms with Crippen molar-refractivity contribution >= 4 is 0 Å². The summed E-state index contributed by atoms with van der Waals surface area (Å²) in [7, 11) is 0. The Morgan fingerprint density at radius 1 is 0.500 bits per heavy atom. The Labute approximate surface area is 147 Å². The monoisotopic (exact) mass is 324 g/mol. The first-order valence-corrected chi connectivity index (χ1v) is 9.23. The van der Waals surface area contributed by atoms with Crippen LogP contribution in [0.3, 0.4) is 0 Å². The van der Waals surface area contributed by atoms with Crippen molar-refractivity contribution in [1.82, 2.24) is 9.97 Å². The molecule has 0 amide bonds. The third-order valence-corrected chi connectivity index (χ3v) is 4.51. The van der Waals surface area contributed by atoms with Crippen LogP contribution in [-0.4, -0.2) is 9.97 Å². The molecule has 0 fully saturated rings. The molecule has 2 nitrogen and oxygen atoms in total. The van der Waals surface area contributed by atoms with Gasteiger partial charge in [-0.3, -0.25) is 9.97 Å². The molecule has 0 saturated heterocycles. The minimum absolute atomic E-state index is 0.417. The van der Waals surface area contributed by atoms with Crippen molar-refractivity contribution in [2.24, 2.45) is 0 Å². The molecule has 0 bridgehead atoms. The fourth-order valence-corrected chi connectivity index (χ4v) is 2.67. The zero-order valence-electron chi connectivity index (χ0n) is 16.5. The highest BCUT2D eigenvalue weighted by molar-refractivity contribution is 5.58. The van der Waals surface area contributed by atoms with Crippen LogP contribution in [0, 0.1) is 0 Å². The molecule has 0 spiro atoms. The number of nitrogens with zero attached hydrogens (tertiary/aromatic N) is 2. The first kappa shape index (κ1) is 18.6. The Morgan fingerprint density at radius 3 is 1.08 bits per heavy atom. The fraction of sp³-hybridized carbons (Fsp3) is 0.545. The number of rotatable bonds is 5. The van der Waals surface area contributed by atoms with Gasteiger partial charge in [-0.25, -0.2) is 0 Å². The molecule has 2 rings (SSSR count). The van der Waals surface area contributed by atoms with E-state index < -0.39 is 0 Å². The molecule has 130 valence electrons. The summed E-state index contributed by atoms with van der Waals surface area (Å²) in [6.45, 7) is 17.8. The second-order valence-corrected chi connectivity index (χ2v) is 8.04. The molecule has 24 heavy (non-hydrogen) atoms. The Balaban J connectivity index is 2.65. The van der Waals surface area contributed by atoms with E-state index in [1.165, 1.54) is 11.1 Å². The molecule has 2 heterocycles. The molecule has 2 heteroatoms. The standard InChI is InChI=1S/C22H32N2/c1-13(2)17-9-19(15(5)6)23-21(11-17)22-12-18(14(3)4)10-20(24-22)16(7)8/h9-16H,1-8H3. The van der Waals surface area contributed by atoms with E-state index in [1.807, 2.05) is 0 Å². The minimum Gasteiger partial charge on any atom is -0.251 e. The molecule has 0 aliphatic carbocycles. The Kier molecular flexibility index (Phi) is 5.79. The summed E-state index contributed by atoms with van der Waals surface area (Å²) in [5.74, 6) is 1.81. The molecule has 0 atom stereocenters. The highest BCUT2D eigenvalue weighted by Crippen LogP contribution is 2.29. The average molecular weight is 325 g/mol. The van der Waals surface area contributed by atoms with Gasteiger partial charge in [0.25, 0.3) is 0 Å². The lowest BCUT2D eigenvalue weighted by Gasteiger charge is -2.16. The maximum Gasteiger partial charge on any atom is 0.0892 e. The molecule has 2 aromatic heterocycles. The van der Waals surface area contributed by atoms with E-state index in [1.54, 1.807) is 0 Å². The van der Waals surface area contributed by atoms with Crippen molar-refractivity contribution in [2.45, 2.75) is 79.1 Å². The first-order valence-electron chi connectivity index (χ1n) is 9.23. The zero-order valence-corrected chi connectivity index (χ0v) is 16.5. The van der Waals surface area contributed by atoms with Gasteiger partial charge in [0, 0.05) is 11.4 Å². The molecule has 2 aromatic rings. The van der Waals surface area contributed by atoms with Gasteiger partial charge in [-0.1, -0.05) is 55.4 Å². The molecule has 0 radical (unpaired) electrons. The van der Waals surface area contributed by atoms with Gasteiger partial charge in [-0.05, 0) is 59.1 Å². The topological polar surface area (TPSA) is 25.8 Å². The summed E-state index contributed by atoms with van der Waals surface area (Å²) in [4.78, 5) is 9.85. The van der Waals surface area contributed by atoms with Gasteiger partial charge >= 0.3 is 0 Å². The third-order valence-electron chi connectivity index (χ3n) is 4.51. The van der Waals surface area contributed by atoms with Crippen LogP contribution >= 0.6 is 0 Å². The fourth-order valence-electron chi connectivity index (χ4n) is 2.67. The van der Waals surface area contributed by atoms with Gasteiger partial charge in [0.2, 0.25) is 0 Å². The van der Waals surface area contributed by atoms with E-state index >= 15 is 0 Å². The van der Waals surface area contributed by atoms with E-state index in [-0.39, 0.29) is 0 Å². The Hall–Kier alpha value is -1.70. The van der Waals surface area contributed by atoms with Gasteiger partial charge in [0.15, 0.2) is 0 Å². The van der Waals surface area contributed by atoms with Crippen molar-refractivity contribution in [3.05, 3.63) is 46.8 Å². The highest BCUT2D eigenvalue weighted by atomic mass is 14.8. The zero-order chi connectivity index (χ0) is 18.0. The minimum atomic E-state index is 0.417. The molecular weight excluding hydrogens is 292 g/mol. The number of aromatic nitrogens is 2. The number of hydrogen-bond acceptors (Lipinski definition) is 2. The summed E-state index contributed by atoms with van der Waals surface area (Å²) >= 11 is 0. The van der Waals surface area contributed by atoms with E-state index in [0.29, 0.717) is 23.7 Å². The van der Waals surface area contributed by atoms with Crippen molar-refractivity contribution < 1.29 is 0 Å². The summed E-state index contributed by atoms with van der Waals surface area (Å²) in [5.41, 5.74) is 7.00. The van der Waals surface area contributed by atoms with E-state index in [9.17, 15) is 0 Å². The van der Waals surface area contributed by atoms with Crippen molar-refractivity contribution in [3.8, 4) is 11.4 Å². The Bertz CT molecular complexity index is 583. The van der Waals surface area contributed by atoms with Gasteiger partial charge in [-0.2, -0.15) is 0 Å². The predicted octanol–water partition coefficient (Wildman–Crippen LogP) is 6.64. The van der Waals surface area contributed by atoms with Crippen LogP contribution in [0.1, 0.15) is 102 Å². The lowest BCUT2D eigenvalue weighted by molar-refractivity contribution is 0.791. The largest absolute Gasteiger partial charge is 0.251 e. The van der Waals surface area contributed by atoms with E-state index in [4.69, 9.17) is 9.97 Å². The second kappa shape index (κ2) is 7.46. The molecule has 0 saturated carbocycles. The van der Waals surface area contributed by atoms with E-state index in [2.05, 4.69) is 79.7 Å². The third kappa shape index (κ3) is 4.23. The molecule has 0 N–H and O–H groups in total. The molecule has 0 aromatic carbocycles. The average Bonchev–Trinajstić information content (AvgIpc) is 2.53. The van der Waals surface area contributed by atoms with Crippen LogP contribution in [0.4, 0.5) is 0 Å². The van der Waals surface area contributed by atoms with Crippen LogP contribution in [0.25, 0.3) is 11.4 Å². The molecule has 0 aliphatic heterocycles. The highest BCUT2D eigenvalue weighted by Gasteiger charge is 2.14. The smallest absolute Gasteiger partial charge is 0.0892 e. The van der Waals surface area contributed by atoms with Gasteiger partial charge in [-0.15, -0.1) is 0 Å². The molecule has 0 aliphatic rings. The summed E-state index contributed by atoms with van der Waals surface area (Å²) in [6, 6.07) is 8.92.